The maximum Gasteiger partial charge on any atom is 0.407 e. The molecule has 0 aromatic carbocycles. The third-order valence-electron chi connectivity index (χ3n) is 2.89. The Bertz CT molecular complexity index is 243. The van der Waals surface area contributed by atoms with E-state index < -0.39 is 12.1 Å². The summed E-state index contributed by atoms with van der Waals surface area (Å²) in [5.41, 5.74) is 0. The Hall–Kier alpha value is -1.06. The molecule has 1 N–H and O–H groups in total. The fourth-order valence-corrected chi connectivity index (χ4v) is 1.95. The largest absolute Gasteiger partial charge is 0.446 e. The van der Waals surface area contributed by atoms with E-state index in [-0.39, 0.29) is 17.9 Å². The highest BCUT2D eigenvalue weighted by molar-refractivity contribution is 5.73. The molecule has 0 aromatic rings. The Balaban J connectivity index is 4.25. The summed E-state index contributed by atoms with van der Waals surface area (Å²) in [5, 5.41) is 2.61. The standard InChI is InChI=1S/C14H27NO3/c1-6-7-8-12(9-16)15-14(17)18-13(10(2)3)11(4)5/h9-13H,6-8H2,1-5H3,(H,15,17)/t12-/m0/s1. The Morgan fingerprint density at radius 1 is 1.22 bits per heavy atom. The topological polar surface area (TPSA) is 55.4 Å². The SMILES string of the molecule is CCCC[C@@H](C=O)NC(=O)OC(C(C)C)C(C)C. The van der Waals surface area contributed by atoms with Crippen molar-refractivity contribution in [2.24, 2.45) is 11.8 Å². The van der Waals surface area contributed by atoms with Crippen LogP contribution in [-0.4, -0.2) is 24.5 Å². The maximum absolute atomic E-state index is 11.7. The molecule has 0 fully saturated rings. The predicted molar refractivity (Wildman–Crippen MR) is 72.5 cm³/mol. The number of nitrogens with one attached hydrogen (secondary N) is 1. The zero-order valence-corrected chi connectivity index (χ0v) is 12.2. The van der Waals surface area contributed by atoms with Gasteiger partial charge in [0.15, 0.2) is 0 Å². The van der Waals surface area contributed by atoms with E-state index in [1.54, 1.807) is 0 Å². The molecule has 1 amide bonds. The number of hydrogen-bond acceptors (Lipinski definition) is 3. The van der Waals surface area contributed by atoms with Crippen LogP contribution < -0.4 is 5.32 Å². The van der Waals surface area contributed by atoms with Crippen molar-refractivity contribution in [3.63, 3.8) is 0 Å². The first kappa shape index (κ1) is 16.9. The molecule has 0 rings (SSSR count). The van der Waals surface area contributed by atoms with Crippen molar-refractivity contribution in [1.82, 2.24) is 5.32 Å². The third kappa shape index (κ3) is 6.62. The van der Waals surface area contributed by atoms with Crippen LogP contribution in [0.15, 0.2) is 0 Å². The number of amides is 1. The van der Waals surface area contributed by atoms with Crippen molar-refractivity contribution < 1.29 is 14.3 Å². The van der Waals surface area contributed by atoms with Crippen molar-refractivity contribution in [3.05, 3.63) is 0 Å². The van der Waals surface area contributed by atoms with Crippen LogP contribution in [0, 0.1) is 11.8 Å². The van der Waals surface area contributed by atoms with Gasteiger partial charge >= 0.3 is 6.09 Å². The average molecular weight is 257 g/mol. The number of rotatable bonds is 8. The van der Waals surface area contributed by atoms with E-state index >= 15 is 0 Å². The van der Waals surface area contributed by atoms with E-state index in [0.29, 0.717) is 6.42 Å². The minimum absolute atomic E-state index is 0.122. The first-order valence-electron chi connectivity index (χ1n) is 6.84. The summed E-state index contributed by atoms with van der Waals surface area (Å²) in [6.45, 7) is 10.1. The number of hydrogen-bond donors (Lipinski definition) is 1. The quantitative estimate of drug-likeness (QED) is 0.680. The van der Waals surface area contributed by atoms with Crippen molar-refractivity contribution in [1.29, 1.82) is 0 Å². The van der Waals surface area contributed by atoms with E-state index in [4.69, 9.17) is 4.74 Å². The van der Waals surface area contributed by atoms with Crippen LogP contribution in [0.25, 0.3) is 0 Å². The van der Waals surface area contributed by atoms with Crippen molar-refractivity contribution >= 4 is 12.4 Å². The van der Waals surface area contributed by atoms with E-state index in [9.17, 15) is 9.59 Å². The van der Waals surface area contributed by atoms with Gasteiger partial charge in [-0.3, -0.25) is 0 Å². The first-order valence-corrected chi connectivity index (χ1v) is 6.84. The predicted octanol–water partition coefficient (Wildman–Crippen LogP) is 3.15. The smallest absolute Gasteiger partial charge is 0.407 e. The molecule has 0 unspecified atom stereocenters. The highest BCUT2D eigenvalue weighted by atomic mass is 16.6. The summed E-state index contributed by atoms with van der Waals surface area (Å²) in [7, 11) is 0. The van der Waals surface area contributed by atoms with Crippen molar-refractivity contribution in [2.45, 2.75) is 66.0 Å². The van der Waals surface area contributed by atoms with E-state index in [1.165, 1.54) is 0 Å². The third-order valence-corrected chi connectivity index (χ3v) is 2.89. The second-order valence-corrected chi connectivity index (χ2v) is 5.39. The van der Waals surface area contributed by atoms with Crippen LogP contribution in [0.3, 0.4) is 0 Å². The fourth-order valence-electron chi connectivity index (χ4n) is 1.95. The summed E-state index contributed by atoms with van der Waals surface area (Å²) >= 11 is 0. The molecule has 0 saturated heterocycles. The molecule has 0 aliphatic rings. The van der Waals surface area contributed by atoms with Gasteiger partial charge in [-0.15, -0.1) is 0 Å². The number of unbranched alkanes of at least 4 members (excludes halogenated alkanes) is 1. The Morgan fingerprint density at radius 2 is 1.78 bits per heavy atom. The van der Waals surface area contributed by atoms with Gasteiger partial charge in [0, 0.05) is 0 Å². The minimum atomic E-state index is -0.490. The molecular weight excluding hydrogens is 230 g/mol. The summed E-state index contributed by atoms with van der Waals surface area (Å²) in [6.07, 6.45) is 2.75. The second-order valence-electron chi connectivity index (χ2n) is 5.39. The summed E-state index contributed by atoms with van der Waals surface area (Å²) in [5.74, 6) is 0.530. The lowest BCUT2D eigenvalue weighted by molar-refractivity contribution is -0.109. The van der Waals surface area contributed by atoms with Gasteiger partial charge in [-0.25, -0.2) is 4.79 Å². The number of ether oxygens (including phenoxy) is 1. The molecule has 0 aliphatic heterocycles. The summed E-state index contributed by atoms with van der Waals surface area (Å²) in [6, 6.07) is -0.433. The Morgan fingerprint density at radius 3 is 2.17 bits per heavy atom. The lowest BCUT2D eigenvalue weighted by Crippen LogP contribution is -2.40. The number of carbonyl (C=O) groups is 2. The van der Waals surface area contributed by atoms with Crippen molar-refractivity contribution in [3.8, 4) is 0 Å². The highest BCUT2D eigenvalue weighted by Crippen LogP contribution is 2.16. The summed E-state index contributed by atoms with van der Waals surface area (Å²) in [4.78, 5) is 22.5. The zero-order valence-electron chi connectivity index (χ0n) is 12.2. The molecule has 18 heavy (non-hydrogen) atoms. The van der Waals surface area contributed by atoms with Crippen LogP contribution in [0.1, 0.15) is 53.9 Å². The lowest BCUT2D eigenvalue weighted by Gasteiger charge is -2.25. The maximum atomic E-state index is 11.7. The molecule has 0 saturated carbocycles. The number of carbonyl (C=O) groups excluding carboxylic acids is 2. The second kappa shape index (κ2) is 8.95. The van der Waals surface area contributed by atoms with Gasteiger partial charge in [0.05, 0.1) is 6.04 Å². The first-order chi connectivity index (χ1) is 8.42. The summed E-state index contributed by atoms with van der Waals surface area (Å²) < 4.78 is 5.38. The molecule has 4 nitrogen and oxygen atoms in total. The molecule has 0 heterocycles. The van der Waals surface area contributed by atoms with Crippen LogP contribution in [0.2, 0.25) is 0 Å². The molecule has 0 spiro atoms. The van der Waals surface area contributed by atoms with Gasteiger partial charge in [-0.2, -0.15) is 0 Å². The Labute approximate surface area is 110 Å². The highest BCUT2D eigenvalue weighted by Gasteiger charge is 2.23. The van der Waals surface area contributed by atoms with Gasteiger partial charge in [0.2, 0.25) is 0 Å². The van der Waals surface area contributed by atoms with Crippen LogP contribution in [0.4, 0.5) is 4.79 Å². The molecule has 0 radical (unpaired) electrons. The van der Waals surface area contributed by atoms with E-state index in [2.05, 4.69) is 5.32 Å². The van der Waals surface area contributed by atoms with Gasteiger partial charge < -0.3 is 14.8 Å². The fraction of sp³-hybridized carbons (Fsp3) is 0.857. The van der Waals surface area contributed by atoms with Crippen molar-refractivity contribution in [2.75, 3.05) is 0 Å². The molecule has 0 aliphatic carbocycles. The molecular formula is C14H27NO3. The molecule has 4 heteroatoms. The monoisotopic (exact) mass is 257 g/mol. The number of aldehydes is 1. The molecule has 0 aromatic heterocycles. The van der Waals surface area contributed by atoms with Crippen LogP contribution >= 0.6 is 0 Å². The van der Waals surface area contributed by atoms with Gasteiger partial charge in [0.1, 0.15) is 12.4 Å². The normalized spacial score (nSPS) is 12.9. The zero-order chi connectivity index (χ0) is 14.1. The van der Waals surface area contributed by atoms with E-state index in [1.807, 2.05) is 34.6 Å². The average Bonchev–Trinajstić information content (AvgIpc) is 2.30. The molecule has 106 valence electrons. The van der Waals surface area contributed by atoms with Gasteiger partial charge in [-0.05, 0) is 18.3 Å². The van der Waals surface area contributed by atoms with Gasteiger partial charge in [0.25, 0.3) is 0 Å². The van der Waals surface area contributed by atoms with Crippen LogP contribution in [0.5, 0.6) is 0 Å². The van der Waals surface area contributed by atoms with E-state index in [0.717, 1.165) is 19.1 Å². The minimum Gasteiger partial charge on any atom is -0.446 e. The van der Waals surface area contributed by atoms with Gasteiger partial charge in [-0.1, -0.05) is 47.5 Å². The molecule has 0 bridgehead atoms. The lowest BCUT2D eigenvalue weighted by atomic mass is 9.96. The molecule has 1 atom stereocenters. The Kier molecular flexibility index (Phi) is 8.42. The van der Waals surface area contributed by atoms with Crippen LogP contribution in [-0.2, 0) is 9.53 Å². The number of alkyl carbamates (subject to hydrolysis) is 1.